The quantitative estimate of drug-likeness (QED) is 0.904. The first-order valence-corrected chi connectivity index (χ1v) is 8.59. The summed E-state index contributed by atoms with van der Waals surface area (Å²) in [6.07, 6.45) is 4.16. The molecule has 1 amide bonds. The van der Waals surface area contributed by atoms with Gasteiger partial charge in [0.15, 0.2) is 5.76 Å². The number of carbonyl (C=O) groups is 2. The number of aliphatic carboxylic acids is 1. The molecule has 6 heteroatoms. The first-order valence-electron chi connectivity index (χ1n) is 7.20. The second kappa shape index (κ2) is 5.75. The molecule has 1 aromatic rings. The van der Waals surface area contributed by atoms with Crippen molar-refractivity contribution in [2.75, 3.05) is 19.3 Å². The molecule has 0 spiro atoms. The summed E-state index contributed by atoms with van der Waals surface area (Å²) in [5.74, 6) is 1.01. The Morgan fingerprint density at radius 2 is 2.14 bits per heavy atom. The Morgan fingerprint density at radius 3 is 2.76 bits per heavy atom. The molecule has 1 aromatic heterocycles. The molecule has 0 radical (unpaired) electrons. The smallest absolute Gasteiger partial charge is 0.308 e. The fourth-order valence-corrected chi connectivity index (χ4v) is 3.57. The highest BCUT2D eigenvalue weighted by Crippen LogP contribution is 2.44. The van der Waals surface area contributed by atoms with E-state index in [9.17, 15) is 14.7 Å². The lowest BCUT2D eigenvalue weighted by Gasteiger charge is -2.14. The lowest BCUT2D eigenvalue weighted by molar-refractivity contribution is -0.142. The third kappa shape index (κ3) is 2.95. The summed E-state index contributed by atoms with van der Waals surface area (Å²) in [7, 11) is 0. The van der Waals surface area contributed by atoms with E-state index < -0.39 is 11.9 Å². The van der Waals surface area contributed by atoms with Crippen molar-refractivity contribution >= 4 is 23.6 Å². The molecule has 114 valence electrons. The van der Waals surface area contributed by atoms with Gasteiger partial charge >= 0.3 is 5.97 Å². The van der Waals surface area contributed by atoms with Gasteiger partial charge in [0.2, 0.25) is 0 Å². The standard InChI is InChI=1S/C15H19NO4S/c1-21-8-10-4-5-13(20-10)14(17)16-6-11(9-2-3-9)12(7-16)15(18)19/h4-5,9,11-12H,2-3,6-8H2,1H3,(H,18,19)/t11-,12+/m1/s1. The van der Waals surface area contributed by atoms with Crippen molar-refractivity contribution in [1.29, 1.82) is 0 Å². The molecular formula is C15H19NO4S. The second-order valence-corrected chi connectivity index (χ2v) is 6.72. The van der Waals surface area contributed by atoms with Crippen LogP contribution >= 0.6 is 11.8 Å². The van der Waals surface area contributed by atoms with E-state index in [1.807, 2.05) is 12.3 Å². The molecule has 0 aromatic carbocycles. The van der Waals surface area contributed by atoms with Crippen LogP contribution in [0.5, 0.6) is 0 Å². The maximum Gasteiger partial charge on any atom is 0.308 e. The van der Waals surface area contributed by atoms with Crippen LogP contribution in [0.4, 0.5) is 0 Å². The molecule has 2 atom stereocenters. The van der Waals surface area contributed by atoms with Gasteiger partial charge in [-0.25, -0.2) is 0 Å². The zero-order chi connectivity index (χ0) is 15.0. The summed E-state index contributed by atoms with van der Waals surface area (Å²) in [4.78, 5) is 25.5. The summed E-state index contributed by atoms with van der Waals surface area (Å²) >= 11 is 1.63. The van der Waals surface area contributed by atoms with Gasteiger partial charge in [0, 0.05) is 13.1 Å². The minimum Gasteiger partial charge on any atom is -0.481 e. The van der Waals surface area contributed by atoms with Gasteiger partial charge in [-0.05, 0) is 43.1 Å². The van der Waals surface area contributed by atoms with Crippen LogP contribution in [0.3, 0.4) is 0 Å². The van der Waals surface area contributed by atoms with E-state index in [1.165, 1.54) is 0 Å². The second-order valence-electron chi connectivity index (χ2n) is 5.86. The molecule has 1 aliphatic carbocycles. The number of likely N-dealkylation sites (tertiary alicyclic amines) is 1. The van der Waals surface area contributed by atoms with Crippen LogP contribution in [-0.2, 0) is 10.5 Å². The predicted molar refractivity (Wildman–Crippen MR) is 79.2 cm³/mol. The van der Waals surface area contributed by atoms with Crippen molar-refractivity contribution in [2.24, 2.45) is 17.8 Å². The molecule has 1 N–H and O–H groups in total. The van der Waals surface area contributed by atoms with Gasteiger partial charge < -0.3 is 14.4 Å². The highest BCUT2D eigenvalue weighted by Gasteiger charge is 2.47. The van der Waals surface area contributed by atoms with Gasteiger partial charge in [0.05, 0.1) is 11.7 Å². The minimum atomic E-state index is -0.787. The third-order valence-electron chi connectivity index (χ3n) is 4.36. The third-order valence-corrected chi connectivity index (χ3v) is 4.93. The summed E-state index contributed by atoms with van der Waals surface area (Å²) in [5.41, 5.74) is 0. The average Bonchev–Trinajstić information content (AvgIpc) is 3.02. The maximum atomic E-state index is 12.5. The monoisotopic (exact) mass is 309 g/mol. The molecule has 1 aliphatic heterocycles. The number of furan rings is 1. The molecule has 5 nitrogen and oxygen atoms in total. The highest BCUT2D eigenvalue weighted by atomic mass is 32.2. The van der Waals surface area contributed by atoms with Gasteiger partial charge in [-0.1, -0.05) is 0 Å². The summed E-state index contributed by atoms with van der Waals surface area (Å²) in [5, 5.41) is 9.34. The van der Waals surface area contributed by atoms with Gasteiger partial charge in [0.25, 0.3) is 5.91 Å². The number of hydrogen-bond acceptors (Lipinski definition) is 4. The molecule has 3 rings (SSSR count). The van der Waals surface area contributed by atoms with Crippen LogP contribution in [0.25, 0.3) is 0 Å². The number of thioether (sulfide) groups is 1. The number of carboxylic acids is 1. The number of nitrogens with zero attached hydrogens (tertiary/aromatic N) is 1. The summed E-state index contributed by atoms with van der Waals surface area (Å²) < 4.78 is 5.55. The molecule has 0 unspecified atom stereocenters. The van der Waals surface area contributed by atoms with Crippen molar-refractivity contribution < 1.29 is 19.1 Å². The molecule has 21 heavy (non-hydrogen) atoms. The van der Waals surface area contributed by atoms with Crippen LogP contribution < -0.4 is 0 Å². The molecule has 2 fully saturated rings. The van der Waals surface area contributed by atoms with E-state index in [4.69, 9.17) is 4.42 Å². The van der Waals surface area contributed by atoms with Crippen molar-refractivity contribution in [2.45, 2.75) is 18.6 Å². The zero-order valence-electron chi connectivity index (χ0n) is 11.9. The molecule has 1 saturated heterocycles. The van der Waals surface area contributed by atoms with Crippen LogP contribution in [-0.4, -0.2) is 41.2 Å². The van der Waals surface area contributed by atoms with E-state index in [0.717, 1.165) is 24.4 Å². The average molecular weight is 309 g/mol. The maximum absolute atomic E-state index is 12.5. The van der Waals surface area contributed by atoms with Gasteiger partial charge in [-0.2, -0.15) is 11.8 Å². The van der Waals surface area contributed by atoms with E-state index in [1.54, 1.807) is 22.7 Å². The first kappa shape index (κ1) is 14.5. The van der Waals surface area contributed by atoms with Gasteiger partial charge in [-0.3, -0.25) is 9.59 Å². The highest BCUT2D eigenvalue weighted by molar-refractivity contribution is 7.97. The lowest BCUT2D eigenvalue weighted by atomic mass is 9.92. The summed E-state index contributed by atoms with van der Waals surface area (Å²) in [6.45, 7) is 0.840. The Bertz CT molecular complexity index is 552. The Kier molecular flexibility index (Phi) is 3.97. The molecule has 0 bridgehead atoms. The fourth-order valence-electron chi connectivity index (χ4n) is 3.13. The van der Waals surface area contributed by atoms with Crippen molar-refractivity contribution in [3.05, 3.63) is 23.7 Å². The number of amides is 1. The number of hydrogen-bond donors (Lipinski definition) is 1. The Morgan fingerprint density at radius 1 is 1.38 bits per heavy atom. The van der Waals surface area contributed by atoms with Crippen LogP contribution in [0.1, 0.15) is 29.2 Å². The van der Waals surface area contributed by atoms with Gasteiger partial charge in [0.1, 0.15) is 5.76 Å². The Hall–Kier alpha value is -1.43. The SMILES string of the molecule is CSCc1ccc(C(=O)N2C[C@H](C(=O)O)[C@@H](C3CC3)C2)o1. The van der Waals surface area contributed by atoms with Crippen molar-refractivity contribution in [3.63, 3.8) is 0 Å². The van der Waals surface area contributed by atoms with E-state index in [0.29, 0.717) is 24.8 Å². The van der Waals surface area contributed by atoms with Crippen LogP contribution in [0.15, 0.2) is 16.5 Å². The topological polar surface area (TPSA) is 70.8 Å². The zero-order valence-corrected chi connectivity index (χ0v) is 12.8. The first-order chi connectivity index (χ1) is 10.1. The fraction of sp³-hybridized carbons (Fsp3) is 0.600. The number of carbonyl (C=O) groups excluding carboxylic acids is 1. The van der Waals surface area contributed by atoms with E-state index >= 15 is 0 Å². The lowest BCUT2D eigenvalue weighted by Crippen LogP contribution is -2.29. The predicted octanol–water partition coefficient (Wildman–Crippen LogP) is 2.33. The van der Waals surface area contributed by atoms with Crippen LogP contribution in [0.2, 0.25) is 0 Å². The largest absolute Gasteiger partial charge is 0.481 e. The molecule has 2 aliphatic rings. The Labute approximate surface area is 127 Å². The molecule has 2 heterocycles. The van der Waals surface area contributed by atoms with Crippen LogP contribution in [0, 0.1) is 17.8 Å². The van der Waals surface area contributed by atoms with E-state index in [2.05, 4.69) is 0 Å². The normalized spacial score (nSPS) is 25.3. The van der Waals surface area contributed by atoms with Crippen molar-refractivity contribution in [3.8, 4) is 0 Å². The Balaban J connectivity index is 1.71. The number of rotatable bonds is 5. The minimum absolute atomic E-state index is 0.104. The molecular weight excluding hydrogens is 290 g/mol. The molecule has 1 saturated carbocycles. The van der Waals surface area contributed by atoms with E-state index in [-0.39, 0.29) is 11.8 Å². The number of carboxylic acid groups (broad SMARTS) is 1. The summed E-state index contributed by atoms with van der Waals surface area (Å²) in [6, 6.07) is 3.50. The van der Waals surface area contributed by atoms with Gasteiger partial charge in [-0.15, -0.1) is 0 Å². The van der Waals surface area contributed by atoms with Crippen molar-refractivity contribution in [1.82, 2.24) is 4.90 Å².